The highest BCUT2D eigenvalue weighted by atomic mass is 16.5. The molecule has 0 aliphatic heterocycles. The van der Waals surface area contributed by atoms with Crippen LogP contribution in [0.25, 0.3) is 0 Å². The first-order valence-corrected chi connectivity index (χ1v) is 9.17. The Balaban J connectivity index is 2.00. The molecule has 0 aliphatic carbocycles. The molecule has 0 atom stereocenters. The second-order valence-corrected chi connectivity index (χ2v) is 7.36. The molecule has 0 heterocycles. The van der Waals surface area contributed by atoms with Gasteiger partial charge in [0.05, 0.1) is 6.61 Å². The maximum atomic E-state index is 6.00. The molecule has 0 radical (unpaired) electrons. The van der Waals surface area contributed by atoms with Gasteiger partial charge in [0.2, 0.25) is 0 Å². The maximum Gasteiger partial charge on any atom is 0.161 e. The third kappa shape index (κ3) is 5.40. The first-order chi connectivity index (χ1) is 12.3. The summed E-state index contributed by atoms with van der Waals surface area (Å²) in [6.45, 7) is 12.6. The largest absolute Gasteiger partial charge is 0.490 e. The molecule has 0 aliphatic rings. The molecule has 0 amide bonds. The highest BCUT2D eigenvalue weighted by Gasteiger charge is 2.19. The minimum Gasteiger partial charge on any atom is -0.490 e. The van der Waals surface area contributed by atoms with Crippen LogP contribution >= 0.6 is 0 Å². The first-order valence-electron chi connectivity index (χ1n) is 9.17. The van der Waals surface area contributed by atoms with Crippen molar-refractivity contribution in [1.29, 1.82) is 0 Å². The van der Waals surface area contributed by atoms with Crippen LogP contribution in [0, 0.1) is 6.92 Å². The molecule has 2 aromatic rings. The average molecular weight is 357 g/mol. The molecule has 26 heavy (non-hydrogen) atoms. The standard InChI is InChI=1S/C22H31NO3/c1-6-24-21-14-17(15-23)8-10-20(21)26-12-11-25-19-9-7-16(2)13-18(19)22(3,4)5/h7-10,13-14H,6,11-12,15,23H2,1-5H3. The molecule has 0 saturated carbocycles. The van der Waals surface area contributed by atoms with Gasteiger partial charge in [-0.15, -0.1) is 0 Å². The van der Waals surface area contributed by atoms with Crippen molar-refractivity contribution >= 4 is 0 Å². The predicted octanol–water partition coefficient (Wildman–Crippen LogP) is 4.61. The van der Waals surface area contributed by atoms with E-state index in [1.165, 1.54) is 11.1 Å². The van der Waals surface area contributed by atoms with Crippen LogP contribution in [0.15, 0.2) is 36.4 Å². The van der Waals surface area contributed by atoms with Crippen molar-refractivity contribution in [3.63, 3.8) is 0 Å². The lowest BCUT2D eigenvalue weighted by Gasteiger charge is -2.23. The van der Waals surface area contributed by atoms with E-state index in [1.54, 1.807) is 0 Å². The Hall–Kier alpha value is -2.20. The van der Waals surface area contributed by atoms with Gasteiger partial charge in [-0.1, -0.05) is 44.5 Å². The Morgan fingerprint density at radius 1 is 0.846 bits per heavy atom. The quantitative estimate of drug-likeness (QED) is 0.701. The summed E-state index contributed by atoms with van der Waals surface area (Å²) < 4.78 is 17.5. The monoisotopic (exact) mass is 357 g/mol. The van der Waals surface area contributed by atoms with Gasteiger partial charge < -0.3 is 19.9 Å². The van der Waals surface area contributed by atoms with E-state index in [4.69, 9.17) is 19.9 Å². The van der Waals surface area contributed by atoms with Crippen molar-refractivity contribution < 1.29 is 14.2 Å². The molecule has 142 valence electrons. The molecule has 2 N–H and O–H groups in total. The number of nitrogens with two attached hydrogens (primary N) is 1. The van der Waals surface area contributed by atoms with Gasteiger partial charge in [-0.05, 0) is 48.6 Å². The van der Waals surface area contributed by atoms with Crippen LogP contribution in [0.3, 0.4) is 0 Å². The third-order valence-electron chi connectivity index (χ3n) is 4.09. The van der Waals surface area contributed by atoms with Crippen LogP contribution < -0.4 is 19.9 Å². The van der Waals surface area contributed by atoms with Gasteiger partial charge in [-0.3, -0.25) is 0 Å². The molecular weight excluding hydrogens is 326 g/mol. The normalized spacial score (nSPS) is 11.3. The summed E-state index contributed by atoms with van der Waals surface area (Å²) in [5.41, 5.74) is 9.19. The van der Waals surface area contributed by atoms with E-state index in [2.05, 4.69) is 39.8 Å². The minimum atomic E-state index is 0.0302. The zero-order valence-corrected chi connectivity index (χ0v) is 16.6. The number of aryl methyl sites for hydroxylation is 1. The molecule has 4 nitrogen and oxygen atoms in total. The molecule has 0 unspecified atom stereocenters. The van der Waals surface area contributed by atoms with Gasteiger partial charge in [0, 0.05) is 6.54 Å². The predicted molar refractivity (Wildman–Crippen MR) is 106 cm³/mol. The van der Waals surface area contributed by atoms with E-state index in [-0.39, 0.29) is 5.41 Å². The van der Waals surface area contributed by atoms with Crippen molar-refractivity contribution in [3.8, 4) is 17.2 Å². The smallest absolute Gasteiger partial charge is 0.161 e. The number of hydrogen-bond acceptors (Lipinski definition) is 4. The van der Waals surface area contributed by atoms with Gasteiger partial charge >= 0.3 is 0 Å². The number of rotatable bonds is 8. The fourth-order valence-corrected chi connectivity index (χ4v) is 2.73. The van der Waals surface area contributed by atoms with Crippen LogP contribution in [-0.4, -0.2) is 19.8 Å². The first kappa shape index (κ1) is 20.1. The topological polar surface area (TPSA) is 53.7 Å². The van der Waals surface area contributed by atoms with Crippen LogP contribution in [0.5, 0.6) is 17.2 Å². The van der Waals surface area contributed by atoms with Crippen LogP contribution in [0.4, 0.5) is 0 Å². The summed E-state index contributed by atoms with van der Waals surface area (Å²) in [5, 5.41) is 0. The minimum absolute atomic E-state index is 0.0302. The Morgan fingerprint density at radius 3 is 2.12 bits per heavy atom. The van der Waals surface area contributed by atoms with E-state index in [0.717, 1.165) is 17.1 Å². The molecule has 0 spiro atoms. The van der Waals surface area contributed by atoms with Gasteiger partial charge in [-0.25, -0.2) is 0 Å². The molecule has 0 bridgehead atoms. The van der Waals surface area contributed by atoms with E-state index < -0.39 is 0 Å². The van der Waals surface area contributed by atoms with Crippen molar-refractivity contribution in [2.45, 2.75) is 46.6 Å². The van der Waals surface area contributed by atoms with E-state index in [1.807, 2.05) is 31.2 Å². The average Bonchev–Trinajstić information content (AvgIpc) is 2.60. The Bertz CT molecular complexity index is 720. The second kappa shape index (κ2) is 8.95. The van der Waals surface area contributed by atoms with E-state index in [9.17, 15) is 0 Å². The van der Waals surface area contributed by atoms with E-state index in [0.29, 0.717) is 32.1 Å². The van der Waals surface area contributed by atoms with Gasteiger partial charge in [0.25, 0.3) is 0 Å². The summed E-state index contributed by atoms with van der Waals surface area (Å²) in [7, 11) is 0. The van der Waals surface area contributed by atoms with Gasteiger partial charge in [-0.2, -0.15) is 0 Å². The molecule has 2 aromatic carbocycles. The number of benzene rings is 2. The summed E-state index contributed by atoms with van der Waals surface area (Å²) in [4.78, 5) is 0. The molecular formula is C22H31NO3. The van der Waals surface area contributed by atoms with Crippen molar-refractivity contribution in [2.24, 2.45) is 5.73 Å². The lowest BCUT2D eigenvalue weighted by atomic mass is 9.85. The SMILES string of the molecule is CCOc1cc(CN)ccc1OCCOc1ccc(C)cc1C(C)(C)C. The number of hydrogen-bond donors (Lipinski definition) is 1. The summed E-state index contributed by atoms with van der Waals surface area (Å²) in [6.07, 6.45) is 0. The molecule has 4 heteroatoms. The highest BCUT2D eigenvalue weighted by Crippen LogP contribution is 2.32. The maximum absolute atomic E-state index is 6.00. The summed E-state index contributed by atoms with van der Waals surface area (Å²) in [6, 6.07) is 12.1. The lowest BCUT2D eigenvalue weighted by Crippen LogP contribution is -2.16. The van der Waals surface area contributed by atoms with Crippen LogP contribution in [-0.2, 0) is 12.0 Å². The fraction of sp³-hybridized carbons (Fsp3) is 0.455. The Labute approximate surface area is 157 Å². The molecule has 0 saturated heterocycles. The Morgan fingerprint density at radius 2 is 1.50 bits per heavy atom. The zero-order chi connectivity index (χ0) is 19.2. The third-order valence-corrected chi connectivity index (χ3v) is 4.09. The molecule has 0 aromatic heterocycles. The molecule has 0 fully saturated rings. The highest BCUT2D eigenvalue weighted by molar-refractivity contribution is 5.43. The Kier molecular flexibility index (Phi) is 6.92. The van der Waals surface area contributed by atoms with Crippen molar-refractivity contribution in [1.82, 2.24) is 0 Å². The fourth-order valence-electron chi connectivity index (χ4n) is 2.73. The van der Waals surface area contributed by atoms with Crippen LogP contribution in [0.1, 0.15) is 44.4 Å². The second-order valence-electron chi connectivity index (χ2n) is 7.36. The lowest BCUT2D eigenvalue weighted by molar-refractivity contribution is 0.206. The van der Waals surface area contributed by atoms with Crippen LogP contribution in [0.2, 0.25) is 0 Å². The molecule has 2 rings (SSSR count). The number of ether oxygens (including phenoxy) is 3. The van der Waals surface area contributed by atoms with Crippen molar-refractivity contribution in [2.75, 3.05) is 19.8 Å². The van der Waals surface area contributed by atoms with Gasteiger partial charge in [0.15, 0.2) is 11.5 Å². The summed E-state index contributed by atoms with van der Waals surface area (Å²) >= 11 is 0. The zero-order valence-electron chi connectivity index (χ0n) is 16.6. The summed E-state index contributed by atoms with van der Waals surface area (Å²) in [5.74, 6) is 2.35. The van der Waals surface area contributed by atoms with Gasteiger partial charge in [0.1, 0.15) is 19.0 Å². The van der Waals surface area contributed by atoms with E-state index >= 15 is 0 Å². The van der Waals surface area contributed by atoms with Crippen molar-refractivity contribution in [3.05, 3.63) is 53.1 Å².